The number of nitriles is 1. The second-order valence-electron chi connectivity index (χ2n) is 6.83. The van der Waals surface area contributed by atoms with Crippen LogP contribution in [-0.2, 0) is 6.54 Å². The van der Waals surface area contributed by atoms with Gasteiger partial charge in [-0.2, -0.15) is 10.2 Å². The van der Waals surface area contributed by atoms with E-state index in [4.69, 9.17) is 10.00 Å². The average Bonchev–Trinajstić information content (AvgIpc) is 3.34. The van der Waals surface area contributed by atoms with Gasteiger partial charge in [-0.05, 0) is 43.6 Å². The van der Waals surface area contributed by atoms with Crippen molar-refractivity contribution in [2.75, 3.05) is 32.1 Å². The highest BCUT2D eigenvalue weighted by Gasteiger charge is 2.16. The van der Waals surface area contributed by atoms with Gasteiger partial charge < -0.3 is 20.4 Å². The molecule has 28 heavy (non-hydrogen) atoms. The van der Waals surface area contributed by atoms with Crippen molar-refractivity contribution in [3.8, 4) is 11.8 Å². The molecular formula is C19H21N7O2. The minimum absolute atomic E-state index is 0.237. The molecule has 1 aromatic carbocycles. The average molecular weight is 379 g/mol. The van der Waals surface area contributed by atoms with Crippen LogP contribution in [0.25, 0.3) is 11.2 Å². The molecule has 3 N–H and O–H groups in total. The predicted octanol–water partition coefficient (Wildman–Crippen LogP) is 1.07. The van der Waals surface area contributed by atoms with Gasteiger partial charge in [0.1, 0.15) is 11.3 Å². The number of anilines is 1. The first-order valence-electron chi connectivity index (χ1n) is 9.15. The van der Waals surface area contributed by atoms with Gasteiger partial charge in [0.25, 0.3) is 0 Å². The number of nitrogens with one attached hydrogen (secondary N) is 3. The predicted molar refractivity (Wildman–Crippen MR) is 104 cm³/mol. The minimum atomic E-state index is -0.286. The Morgan fingerprint density at radius 3 is 3.11 bits per heavy atom. The van der Waals surface area contributed by atoms with Crippen molar-refractivity contribution >= 4 is 17.1 Å². The lowest BCUT2D eigenvalue weighted by Crippen LogP contribution is -2.19. The lowest BCUT2D eigenvalue weighted by atomic mass is 10.1. The standard InChI is InChI=1S/C19H21N7O2/c1-28-16-3-2-12(7-20)6-14(16)11-26-17-15(24-19(26)27)10-23-18(25-17)22-9-13-4-5-21-8-13/h2-3,6,10,13,21H,4-5,8-9,11H2,1H3,(H,24,27)(H,22,23,25)/t13-/m1/s1. The molecule has 4 rings (SSSR count). The van der Waals surface area contributed by atoms with Crippen molar-refractivity contribution in [1.82, 2.24) is 24.8 Å². The third-order valence-corrected chi connectivity index (χ3v) is 4.96. The van der Waals surface area contributed by atoms with E-state index in [-0.39, 0.29) is 12.2 Å². The fraction of sp³-hybridized carbons (Fsp3) is 0.368. The third kappa shape index (κ3) is 3.54. The first-order valence-corrected chi connectivity index (χ1v) is 9.15. The molecule has 1 saturated heterocycles. The third-order valence-electron chi connectivity index (χ3n) is 4.96. The van der Waals surface area contributed by atoms with Gasteiger partial charge in [-0.15, -0.1) is 0 Å². The van der Waals surface area contributed by atoms with Gasteiger partial charge in [-0.25, -0.2) is 9.78 Å². The van der Waals surface area contributed by atoms with Gasteiger partial charge in [0, 0.05) is 12.1 Å². The van der Waals surface area contributed by atoms with Crippen LogP contribution < -0.4 is 21.1 Å². The first kappa shape index (κ1) is 18.0. The molecule has 3 heterocycles. The fourth-order valence-corrected chi connectivity index (χ4v) is 3.44. The van der Waals surface area contributed by atoms with E-state index in [2.05, 4.69) is 31.7 Å². The van der Waals surface area contributed by atoms with Crippen LogP contribution in [0.3, 0.4) is 0 Å². The summed E-state index contributed by atoms with van der Waals surface area (Å²) in [6.45, 7) is 3.04. The molecule has 0 unspecified atom stereocenters. The highest BCUT2D eigenvalue weighted by Crippen LogP contribution is 2.22. The van der Waals surface area contributed by atoms with Gasteiger partial charge in [0.15, 0.2) is 5.65 Å². The Hall–Kier alpha value is -3.38. The maximum Gasteiger partial charge on any atom is 0.328 e. The van der Waals surface area contributed by atoms with Crippen LogP contribution in [-0.4, -0.2) is 46.3 Å². The summed E-state index contributed by atoms with van der Waals surface area (Å²) in [5.41, 5.74) is 2.02. The summed E-state index contributed by atoms with van der Waals surface area (Å²) in [7, 11) is 1.56. The van der Waals surface area contributed by atoms with E-state index in [1.165, 1.54) is 4.57 Å². The Labute approximate surface area is 161 Å². The van der Waals surface area contributed by atoms with Crippen molar-refractivity contribution in [2.45, 2.75) is 13.0 Å². The molecule has 9 heteroatoms. The number of benzene rings is 1. The molecular weight excluding hydrogens is 358 g/mol. The summed E-state index contributed by atoms with van der Waals surface area (Å²) in [5.74, 6) is 1.65. The Morgan fingerprint density at radius 1 is 1.46 bits per heavy atom. The molecule has 1 fully saturated rings. The van der Waals surface area contributed by atoms with E-state index in [0.29, 0.717) is 34.3 Å². The number of aromatic amines is 1. The van der Waals surface area contributed by atoms with Crippen LogP contribution in [0.2, 0.25) is 0 Å². The number of H-pyrrole nitrogens is 1. The summed E-state index contributed by atoms with van der Waals surface area (Å²) < 4.78 is 6.90. The van der Waals surface area contributed by atoms with Crippen molar-refractivity contribution in [2.24, 2.45) is 5.92 Å². The zero-order valence-corrected chi connectivity index (χ0v) is 15.5. The number of methoxy groups -OCH3 is 1. The fourth-order valence-electron chi connectivity index (χ4n) is 3.44. The van der Waals surface area contributed by atoms with Crippen LogP contribution in [0.1, 0.15) is 17.5 Å². The largest absolute Gasteiger partial charge is 0.496 e. The lowest BCUT2D eigenvalue weighted by Gasteiger charge is -2.11. The zero-order chi connectivity index (χ0) is 19.5. The number of rotatable bonds is 6. The molecule has 0 spiro atoms. The second kappa shape index (κ2) is 7.70. The van der Waals surface area contributed by atoms with Crippen LogP contribution in [0.4, 0.5) is 5.95 Å². The Bertz CT molecular complexity index is 1090. The van der Waals surface area contributed by atoms with Crippen LogP contribution in [0.15, 0.2) is 29.2 Å². The first-order chi connectivity index (χ1) is 13.7. The van der Waals surface area contributed by atoms with E-state index < -0.39 is 0 Å². The van der Waals surface area contributed by atoms with Crippen molar-refractivity contribution in [1.29, 1.82) is 5.26 Å². The Balaban J connectivity index is 1.65. The van der Waals surface area contributed by atoms with E-state index >= 15 is 0 Å². The van der Waals surface area contributed by atoms with E-state index in [0.717, 1.165) is 31.6 Å². The van der Waals surface area contributed by atoms with Crippen LogP contribution in [0.5, 0.6) is 5.75 Å². The lowest BCUT2D eigenvalue weighted by molar-refractivity contribution is 0.408. The Kier molecular flexibility index (Phi) is 4.95. The molecule has 9 nitrogen and oxygen atoms in total. The summed E-state index contributed by atoms with van der Waals surface area (Å²) in [6.07, 6.45) is 2.73. The molecule has 1 aliphatic rings. The quantitative estimate of drug-likeness (QED) is 0.586. The van der Waals surface area contributed by atoms with E-state index in [1.807, 2.05) is 0 Å². The number of hydrogen-bond acceptors (Lipinski definition) is 7. The van der Waals surface area contributed by atoms with Gasteiger partial charge in [0.2, 0.25) is 5.95 Å². The Morgan fingerprint density at radius 2 is 2.36 bits per heavy atom. The molecule has 1 aliphatic heterocycles. The number of hydrogen-bond donors (Lipinski definition) is 3. The molecule has 0 aliphatic carbocycles. The number of ether oxygens (including phenoxy) is 1. The molecule has 0 radical (unpaired) electrons. The maximum absolute atomic E-state index is 12.5. The van der Waals surface area contributed by atoms with Crippen molar-refractivity contribution in [3.63, 3.8) is 0 Å². The van der Waals surface area contributed by atoms with Gasteiger partial charge in [0.05, 0.1) is 31.5 Å². The van der Waals surface area contributed by atoms with Crippen LogP contribution in [0, 0.1) is 17.2 Å². The molecule has 3 aromatic rings. The van der Waals surface area contributed by atoms with Crippen LogP contribution >= 0.6 is 0 Å². The topological polar surface area (TPSA) is 121 Å². The van der Waals surface area contributed by atoms with Crippen molar-refractivity contribution < 1.29 is 4.74 Å². The normalized spacial score (nSPS) is 16.2. The smallest absolute Gasteiger partial charge is 0.328 e. The highest BCUT2D eigenvalue weighted by atomic mass is 16.5. The number of nitrogens with zero attached hydrogens (tertiary/aromatic N) is 4. The summed E-state index contributed by atoms with van der Waals surface area (Å²) in [4.78, 5) is 24.1. The maximum atomic E-state index is 12.5. The monoisotopic (exact) mass is 379 g/mol. The van der Waals surface area contributed by atoms with Gasteiger partial charge in [-0.1, -0.05) is 0 Å². The number of imidazole rings is 1. The van der Waals surface area contributed by atoms with Crippen molar-refractivity contribution in [3.05, 3.63) is 46.0 Å². The molecule has 2 aromatic heterocycles. The molecule has 1 atom stereocenters. The number of aromatic nitrogens is 4. The summed E-state index contributed by atoms with van der Waals surface area (Å²) in [5, 5.41) is 15.8. The second-order valence-corrected chi connectivity index (χ2v) is 6.83. The minimum Gasteiger partial charge on any atom is -0.496 e. The highest BCUT2D eigenvalue weighted by molar-refractivity contribution is 5.71. The molecule has 0 saturated carbocycles. The molecule has 144 valence electrons. The zero-order valence-electron chi connectivity index (χ0n) is 15.5. The molecule has 0 amide bonds. The molecule has 0 bridgehead atoms. The van der Waals surface area contributed by atoms with Gasteiger partial charge in [-0.3, -0.25) is 4.57 Å². The van der Waals surface area contributed by atoms with E-state index in [1.54, 1.807) is 31.5 Å². The van der Waals surface area contributed by atoms with Gasteiger partial charge >= 0.3 is 5.69 Å². The SMILES string of the molecule is COc1ccc(C#N)cc1Cn1c(=O)[nH]c2cnc(NC[C@@H]3CCNC3)nc21. The summed E-state index contributed by atoms with van der Waals surface area (Å²) >= 11 is 0. The van der Waals surface area contributed by atoms with E-state index in [9.17, 15) is 4.79 Å². The summed E-state index contributed by atoms with van der Waals surface area (Å²) in [6, 6.07) is 7.24. The number of fused-ring (bicyclic) bond motifs is 1.